The van der Waals surface area contributed by atoms with Crippen molar-refractivity contribution in [2.24, 2.45) is 13.0 Å². The quantitative estimate of drug-likeness (QED) is 0.536. The Morgan fingerprint density at radius 3 is 2.67 bits per heavy atom. The van der Waals surface area contributed by atoms with E-state index < -0.39 is 0 Å². The zero-order chi connectivity index (χ0) is 11.4. The first-order valence-corrected chi connectivity index (χ1v) is 4.96. The summed E-state index contributed by atoms with van der Waals surface area (Å²) >= 11 is 0. The molecule has 0 aliphatic heterocycles. The molecule has 5 nitrogen and oxygen atoms in total. The van der Waals surface area contributed by atoms with Gasteiger partial charge in [-0.05, 0) is 6.42 Å². The molecule has 0 amide bonds. The third-order valence-electron chi connectivity index (χ3n) is 2.38. The maximum absolute atomic E-state index is 11.6. The van der Waals surface area contributed by atoms with E-state index in [9.17, 15) is 9.59 Å². The molecule has 1 aromatic rings. The second-order valence-electron chi connectivity index (χ2n) is 3.59. The molecule has 1 atom stereocenters. The summed E-state index contributed by atoms with van der Waals surface area (Å²) in [6.07, 6.45) is 2.06. The molecule has 0 spiro atoms. The lowest BCUT2D eigenvalue weighted by molar-refractivity contribution is -0.121. The van der Waals surface area contributed by atoms with E-state index in [4.69, 9.17) is 0 Å². The molecule has 1 unspecified atom stereocenters. The van der Waals surface area contributed by atoms with Crippen LogP contribution in [0.25, 0.3) is 0 Å². The third-order valence-corrected chi connectivity index (χ3v) is 2.38. The molecule has 0 bridgehead atoms. The van der Waals surface area contributed by atoms with Crippen LogP contribution in [0.5, 0.6) is 0 Å². The average Bonchev–Trinajstić information content (AvgIpc) is 2.63. The summed E-state index contributed by atoms with van der Waals surface area (Å²) in [5.41, 5.74) is 0.258. The van der Waals surface area contributed by atoms with Gasteiger partial charge in [0.15, 0.2) is 5.78 Å². The summed E-state index contributed by atoms with van der Waals surface area (Å²) < 4.78 is 0. The van der Waals surface area contributed by atoms with E-state index in [0.29, 0.717) is 0 Å². The number of carbonyl (C=O) groups excluding carboxylic acids is 2. The fraction of sp³-hybridized carbons (Fsp3) is 0.600. The van der Waals surface area contributed by atoms with Crippen LogP contribution >= 0.6 is 0 Å². The lowest BCUT2D eigenvalue weighted by Gasteiger charge is -2.04. The summed E-state index contributed by atoms with van der Waals surface area (Å²) in [4.78, 5) is 24.3. The van der Waals surface area contributed by atoms with Crippen LogP contribution in [0.15, 0.2) is 6.20 Å². The van der Waals surface area contributed by atoms with Gasteiger partial charge < -0.3 is 0 Å². The van der Waals surface area contributed by atoms with Crippen molar-refractivity contribution in [2.75, 3.05) is 0 Å². The summed E-state index contributed by atoms with van der Waals surface area (Å²) in [7, 11) is 1.63. The predicted molar refractivity (Wildman–Crippen MR) is 54.4 cm³/mol. The van der Waals surface area contributed by atoms with E-state index in [1.807, 2.05) is 13.8 Å². The molecule has 0 N–H and O–H groups in total. The van der Waals surface area contributed by atoms with Gasteiger partial charge in [-0.3, -0.25) is 9.59 Å². The standard InChI is InChI=1S/C10H15N3O2/c1-4-7(2)9(14)5-10(15)8-6-11-13(3)12-8/h6-7H,4-5H2,1-3H3. The highest BCUT2D eigenvalue weighted by molar-refractivity contribution is 6.07. The summed E-state index contributed by atoms with van der Waals surface area (Å²) in [5, 5.41) is 7.64. The van der Waals surface area contributed by atoms with E-state index in [2.05, 4.69) is 10.2 Å². The van der Waals surface area contributed by atoms with Gasteiger partial charge in [0, 0.05) is 13.0 Å². The van der Waals surface area contributed by atoms with E-state index >= 15 is 0 Å². The SMILES string of the molecule is CCC(C)C(=O)CC(=O)c1cnn(C)n1. The number of hydrogen-bond acceptors (Lipinski definition) is 4. The molecule has 1 aromatic heterocycles. The van der Waals surface area contributed by atoms with Crippen molar-refractivity contribution < 1.29 is 9.59 Å². The fourth-order valence-electron chi connectivity index (χ4n) is 1.12. The van der Waals surface area contributed by atoms with E-state index in [-0.39, 0.29) is 29.6 Å². The van der Waals surface area contributed by atoms with Crippen LogP contribution < -0.4 is 0 Å². The molecule has 0 aliphatic carbocycles. The van der Waals surface area contributed by atoms with Gasteiger partial charge in [-0.1, -0.05) is 13.8 Å². The average molecular weight is 209 g/mol. The predicted octanol–water partition coefficient (Wildman–Crippen LogP) is 1.00. The zero-order valence-corrected chi connectivity index (χ0v) is 9.23. The molecule has 0 saturated carbocycles. The lowest BCUT2D eigenvalue weighted by Crippen LogP contribution is -2.15. The number of nitrogens with zero attached hydrogens (tertiary/aromatic N) is 3. The Hall–Kier alpha value is -1.52. The molecule has 5 heteroatoms. The minimum absolute atomic E-state index is 0.0341. The Morgan fingerprint density at radius 1 is 1.53 bits per heavy atom. The van der Waals surface area contributed by atoms with Crippen LogP contribution in [-0.4, -0.2) is 26.6 Å². The van der Waals surface area contributed by atoms with Crippen molar-refractivity contribution in [1.29, 1.82) is 0 Å². The van der Waals surface area contributed by atoms with Crippen molar-refractivity contribution in [3.8, 4) is 0 Å². The molecule has 0 radical (unpaired) electrons. The van der Waals surface area contributed by atoms with Gasteiger partial charge >= 0.3 is 0 Å². The Bertz CT molecular complexity index is 370. The topological polar surface area (TPSA) is 64.8 Å². The highest BCUT2D eigenvalue weighted by Gasteiger charge is 2.18. The molecule has 0 saturated heterocycles. The minimum atomic E-state index is -0.256. The van der Waals surface area contributed by atoms with Crippen molar-refractivity contribution in [3.05, 3.63) is 11.9 Å². The Balaban J connectivity index is 2.60. The van der Waals surface area contributed by atoms with Crippen molar-refractivity contribution in [3.63, 3.8) is 0 Å². The van der Waals surface area contributed by atoms with E-state index in [1.54, 1.807) is 7.05 Å². The normalized spacial score (nSPS) is 12.5. The Labute approximate surface area is 88.5 Å². The number of carbonyl (C=O) groups is 2. The lowest BCUT2D eigenvalue weighted by atomic mass is 9.99. The van der Waals surface area contributed by atoms with Crippen LogP contribution in [-0.2, 0) is 11.8 Å². The molecular weight excluding hydrogens is 194 g/mol. The number of Topliss-reactive ketones (excluding diaryl/α,β-unsaturated/α-hetero) is 2. The molecule has 1 rings (SSSR count). The molecule has 15 heavy (non-hydrogen) atoms. The van der Waals surface area contributed by atoms with Gasteiger partial charge in [0.2, 0.25) is 0 Å². The number of ketones is 2. The molecular formula is C10H15N3O2. The zero-order valence-electron chi connectivity index (χ0n) is 9.23. The van der Waals surface area contributed by atoms with E-state index in [0.717, 1.165) is 6.42 Å². The maximum Gasteiger partial charge on any atom is 0.192 e. The number of aryl methyl sites for hydroxylation is 1. The summed E-state index contributed by atoms with van der Waals surface area (Å²) in [6.45, 7) is 3.75. The fourth-order valence-corrected chi connectivity index (χ4v) is 1.12. The summed E-state index contributed by atoms with van der Waals surface area (Å²) in [6, 6.07) is 0. The second-order valence-corrected chi connectivity index (χ2v) is 3.59. The first-order valence-electron chi connectivity index (χ1n) is 4.96. The Morgan fingerprint density at radius 2 is 2.20 bits per heavy atom. The minimum Gasteiger partial charge on any atom is -0.299 e. The first-order chi connectivity index (χ1) is 7.04. The van der Waals surface area contributed by atoms with Crippen LogP contribution in [0.3, 0.4) is 0 Å². The van der Waals surface area contributed by atoms with Crippen molar-refractivity contribution in [1.82, 2.24) is 15.0 Å². The Kier molecular flexibility index (Phi) is 3.71. The highest BCUT2D eigenvalue weighted by Crippen LogP contribution is 2.08. The largest absolute Gasteiger partial charge is 0.299 e. The number of rotatable bonds is 5. The van der Waals surface area contributed by atoms with E-state index in [1.165, 1.54) is 11.0 Å². The third kappa shape index (κ3) is 2.97. The monoisotopic (exact) mass is 209 g/mol. The molecule has 0 aromatic carbocycles. The van der Waals surface area contributed by atoms with Gasteiger partial charge in [-0.25, -0.2) is 0 Å². The maximum atomic E-state index is 11.6. The van der Waals surface area contributed by atoms with Crippen LogP contribution in [0, 0.1) is 5.92 Å². The van der Waals surface area contributed by atoms with Crippen LogP contribution in [0.4, 0.5) is 0 Å². The van der Waals surface area contributed by atoms with Crippen molar-refractivity contribution >= 4 is 11.6 Å². The number of aromatic nitrogens is 3. The van der Waals surface area contributed by atoms with Crippen LogP contribution in [0.2, 0.25) is 0 Å². The smallest absolute Gasteiger partial charge is 0.192 e. The molecule has 82 valence electrons. The molecule has 0 fully saturated rings. The van der Waals surface area contributed by atoms with Gasteiger partial charge in [0.05, 0.1) is 12.6 Å². The van der Waals surface area contributed by atoms with Gasteiger partial charge in [0.25, 0.3) is 0 Å². The molecule has 1 heterocycles. The van der Waals surface area contributed by atoms with Gasteiger partial charge in [-0.2, -0.15) is 15.0 Å². The van der Waals surface area contributed by atoms with Crippen LogP contribution in [0.1, 0.15) is 37.2 Å². The first kappa shape index (κ1) is 11.6. The number of hydrogen-bond donors (Lipinski definition) is 0. The van der Waals surface area contributed by atoms with Gasteiger partial charge in [-0.15, -0.1) is 0 Å². The van der Waals surface area contributed by atoms with Gasteiger partial charge in [0.1, 0.15) is 11.5 Å². The van der Waals surface area contributed by atoms with Crippen molar-refractivity contribution in [2.45, 2.75) is 26.7 Å². The second kappa shape index (κ2) is 4.82. The summed E-state index contributed by atoms with van der Waals surface area (Å²) in [5.74, 6) is -0.354. The molecule has 0 aliphatic rings. The highest BCUT2D eigenvalue weighted by atomic mass is 16.1.